The lowest BCUT2D eigenvalue weighted by atomic mass is 9.78. The van der Waals surface area contributed by atoms with E-state index in [0.717, 1.165) is 74.8 Å². The standard InChI is InChI=1S/C42H60N6O5/c1-4-30-12-11-29(27-31(30)5-2)28-37(39(49)46-22-15-33(16-23-46)32-13-20-45(21-14-32)38(6-3)40(50)51)44-41(52)47-24-18-35(19-25-47)48-26-17-34-9-7-8-10-36(34)43-42(48)53/h7-12,27,32-33,35,37-38H,4-6,13-26,28H2,1-3H3,(H,43,53)(H,44,52)(H,50,51)/t37-,38?/m1/s1. The number of piperidine rings is 3. The van der Waals surface area contributed by atoms with E-state index in [1.165, 1.54) is 11.1 Å². The highest BCUT2D eigenvalue weighted by Crippen LogP contribution is 2.34. The molecule has 0 aliphatic carbocycles. The normalized spacial score (nSPS) is 20.7. The smallest absolute Gasteiger partial charge is 0.322 e. The Hall–Kier alpha value is -4.12. The Bertz CT molecular complexity index is 1590. The Kier molecular flexibility index (Phi) is 13.0. The minimum absolute atomic E-state index is 0.0211. The van der Waals surface area contributed by atoms with Crippen molar-refractivity contribution in [1.29, 1.82) is 0 Å². The second-order valence-corrected chi connectivity index (χ2v) is 15.6. The maximum absolute atomic E-state index is 14.3. The van der Waals surface area contributed by atoms with Crippen LogP contribution in [0.3, 0.4) is 0 Å². The average Bonchev–Trinajstić information content (AvgIpc) is 3.35. The van der Waals surface area contributed by atoms with Crippen molar-refractivity contribution in [1.82, 2.24) is 24.9 Å². The second kappa shape index (κ2) is 17.8. The molecule has 4 aliphatic heterocycles. The topological polar surface area (TPSA) is 126 Å². The Balaban J connectivity index is 1.07. The average molecular weight is 729 g/mol. The lowest BCUT2D eigenvalue weighted by Gasteiger charge is -2.42. The first-order valence-electron chi connectivity index (χ1n) is 20.3. The molecule has 288 valence electrons. The molecule has 11 heteroatoms. The molecule has 0 radical (unpaired) electrons. The van der Waals surface area contributed by atoms with Gasteiger partial charge < -0.3 is 30.4 Å². The molecule has 0 aromatic heterocycles. The highest BCUT2D eigenvalue weighted by molar-refractivity contribution is 5.91. The number of hydrogen-bond acceptors (Lipinski definition) is 5. The van der Waals surface area contributed by atoms with Gasteiger partial charge in [-0.3, -0.25) is 14.5 Å². The molecule has 3 N–H and O–H groups in total. The number of carbonyl (C=O) groups is 4. The van der Waals surface area contributed by atoms with Gasteiger partial charge in [-0.25, -0.2) is 9.59 Å². The number of carboxylic acids is 1. The number of benzene rings is 2. The Morgan fingerprint density at radius 2 is 1.45 bits per heavy atom. The summed E-state index contributed by atoms with van der Waals surface area (Å²) in [6.07, 6.45) is 8.97. The van der Waals surface area contributed by atoms with Gasteiger partial charge in [0, 0.05) is 50.9 Å². The number of rotatable bonds is 11. The summed E-state index contributed by atoms with van der Waals surface area (Å²) in [6, 6.07) is 13.1. The van der Waals surface area contributed by atoms with Crippen molar-refractivity contribution >= 4 is 29.6 Å². The molecule has 11 nitrogen and oxygen atoms in total. The summed E-state index contributed by atoms with van der Waals surface area (Å²) in [5.74, 6) is 0.319. The molecule has 2 aromatic carbocycles. The van der Waals surface area contributed by atoms with Crippen LogP contribution in [0.1, 0.15) is 88.0 Å². The van der Waals surface area contributed by atoms with E-state index in [4.69, 9.17) is 0 Å². The first-order valence-corrected chi connectivity index (χ1v) is 20.3. The second-order valence-electron chi connectivity index (χ2n) is 15.6. The van der Waals surface area contributed by atoms with Gasteiger partial charge in [-0.1, -0.05) is 57.2 Å². The summed E-state index contributed by atoms with van der Waals surface area (Å²) in [6.45, 7) is 10.9. The quantitative estimate of drug-likeness (QED) is 0.269. The number of hydrogen-bond donors (Lipinski definition) is 3. The summed E-state index contributed by atoms with van der Waals surface area (Å²) in [5.41, 5.74) is 5.66. The summed E-state index contributed by atoms with van der Waals surface area (Å²) >= 11 is 0. The minimum atomic E-state index is -0.732. The largest absolute Gasteiger partial charge is 0.480 e. The first kappa shape index (κ1) is 38.6. The molecule has 6 rings (SSSR count). The number of aryl methyl sites for hydroxylation is 2. The molecule has 0 saturated carbocycles. The van der Waals surface area contributed by atoms with E-state index >= 15 is 0 Å². The van der Waals surface area contributed by atoms with Gasteiger partial charge in [0.2, 0.25) is 5.91 Å². The third kappa shape index (κ3) is 9.16. The van der Waals surface area contributed by atoms with E-state index < -0.39 is 18.1 Å². The van der Waals surface area contributed by atoms with Crippen molar-refractivity contribution in [2.24, 2.45) is 11.8 Å². The van der Waals surface area contributed by atoms with E-state index in [1.54, 1.807) is 0 Å². The van der Waals surface area contributed by atoms with E-state index in [0.29, 0.717) is 70.2 Å². The number of urea groups is 2. The number of nitrogens with zero attached hydrogens (tertiary/aromatic N) is 4. The summed E-state index contributed by atoms with van der Waals surface area (Å²) in [5, 5.41) is 15.9. The molecule has 3 fully saturated rings. The Morgan fingerprint density at radius 1 is 0.811 bits per heavy atom. The lowest BCUT2D eigenvalue weighted by Crippen LogP contribution is -2.57. The summed E-state index contributed by atoms with van der Waals surface area (Å²) in [7, 11) is 0. The van der Waals surface area contributed by atoms with Gasteiger partial charge in [0.15, 0.2) is 0 Å². The molecule has 2 atom stereocenters. The number of likely N-dealkylation sites (tertiary alicyclic amines) is 3. The van der Waals surface area contributed by atoms with Gasteiger partial charge in [-0.15, -0.1) is 0 Å². The zero-order chi connectivity index (χ0) is 37.5. The third-order valence-electron chi connectivity index (χ3n) is 12.6. The zero-order valence-corrected chi connectivity index (χ0v) is 32.0. The van der Waals surface area contributed by atoms with Crippen LogP contribution >= 0.6 is 0 Å². The lowest BCUT2D eigenvalue weighted by molar-refractivity contribution is -0.144. The Morgan fingerprint density at radius 3 is 2.09 bits per heavy atom. The van der Waals surface area contributed by atoms with Gasteiger partial charge in [-0.05, 0) is 117 Å². The highest BCUT2D eigenvalue weighted by Gasteiger charge is 2.37. The van der Waals surface area contributed by atoms with E-state index in [1.807, 2.05) is 39.8 Å². The first-order chi connectivity index (χ1) is 25.7. The van der Waals surface area contributed by atoms with Crippen LogP contribution in [0.4, 0.5) is 15.3 Å². The molecular weight excluding hydrogens is 668 g/mol. The Labute approximate surface area is 315 Å². The molecule has 4 heterocycles. The third-order valence-corrected chi connectivity index (χ3v) is 12.6. The van der Waals surface area contributed by atoms with Crippen LogP contribution < -0.4 is 10.6 Å². The number of nitrogens with one attached hydrogen (secondary N) is 2. The van der Waals surface area contributed by atoms with Crippen LogP contribution in [0.2, 0.25) is 0 Å². The van der Waals surface area contributed by atoms with Crippen LogP contribution in [0, 0.1) is 11.8 Å². The van der Waals surface area contributed by atoms with Crippen molar-refractivity contribution in [3.05, 3.63) is 64.7 Å². The fourth-order valence-electron chi connectivity index (χ4n) is 9.38. The molecule has 3 saturated heterocycles. The van der Waals surface area contributed by atoms with E-state index in [9.17, 15) is 24.3 Å². The number of carboxylic acid groups (broad SMARTS) is 1. The number of aliphatic carboxylic acids is 1. The maximum atomic E-state index is 14.3. The van der Waals surface area contributed by atoms with Crippen LogP contribution in [0.25, 0.3) is 0 Å². The molecule has 2 aromatic rings. The van der Waals surface area contributed by atoms with Crippen molar-refractivity contribution in [2.45, 2.75) is 110 Å². The molecule has 0 spiro atoms. The molecule has 53 heavy (non-hydrogen) atoms. The highest BCUT2D eigenvalue weighted by atomic mass is 16.4. The van der Waals surface area contributed by atoms with Crippen molar-refractivity contribution in [3.8, 4) is 0 Å². The molecule has 0 bridgehead atoms. The fourth-order valence-corrected chi connectivity index (χ4v) is 9.38. The predicted molar refractivity (Wildman–Crippen MR) is 207 cm³/mol. The van der Waals surface area contributed by atoms with E-state index in [-0.39, 0.29) is 24.0 Å². The fraction of sp³-hybridized carbons (Fsp3) is 0.619. The number of carbonyl (C=O) groups excluding carboxylic acids is 3. The number of para-hydroxylation sites is 1. The molecular formula is C42H60N6O5. The van der Waals surface area contributed by atoms with Crippen LogP contribution in [0.15, 0.2) is 42.5 Å². The molecule has 5 amide bonds. The zero-order valence-electron chi connectivity index (χ0n) is 32.0. The van der Waals surface area contributed by atoms with Crippen molar-refractivity contribution in [3.63, 3.8) is 0 Å². The number of anilines is 1. The van der Waals surface area contributed by atoms with Gasteiger partial charge in [-0.2, -0.15) is 0 Å². The molecule has 4 aliphatic rings. The number of fused-ring (bicyclic) bond motifs is 1. The van der Waals surface area contributed by atoms with Gasteiger partial charge in [0.25, 0.3) is 0 Å². The van der Waals surface area contributed by atoms with Gasteiger partial charge in [0.05, 0.1) is 0 Å². The van der Waals surface area contributed by atoms with Crippen molar-refractivity contribution in [2.75, 3.05) is 51.1 Å². The van der Waals surface area contributed by atoms with Crippen LogP contribution in [0.5, 0.6) is 0 Å². The molecule has 1 unspecified atom stereocenters. The summed E-state index contributed by atoms with van der Waals surface area (Å²) < 4.78 is 0. The predicted octanol–water partition coefficient (Wildman–Crippen LogP) is 5.80. The minimum Gasteiger partial charge on any atom is -0.480 e. The van der Waals surface area contributed by atoms with Crippen LogP contribution in [-0.4, -0.2) is 113 Å². The number of amides is 5. The summed E-state index contributed by atoms with van der Waals surface area (Å²) in [4.78, 5) is 60.8. The van der Waals surface area contributed by atoms with Crippen LogP contribution in [-0.2, 0) is 35.3 Å². The maximum Gasteiger partial charge on any atom is 0.322 e. The van der Waals surface area contributed by atoms with Crippen molar-refractivity contribution < 1.29 is 24.3 Å². The van der Waals surface area contributed by atoms with Gasteiger partial charge in [0.1, 0.15) is 12.1 Å². The van der Waals surface area contributed by atoms with Gasteiger partial charge >= 0.3 is 18.0 Å². The van der Waals surface area contributed by atoms with E-state index in [2.05, 4.69) is 53.6 Å². The SMILES string of the molecule is CCc1ccc(C[C@@H](NC(=O)N2CCC(N3CCc4ccccc4NC3=O)CC2)C(=O)N2CCC(C3CCN(C(CC)C(=O)O)CC3)CC2)cc1CC. The monoisotopic (exact) mass is 728 g/mol.